The lowest BCUT2D eigenvalue weighted by atomic mass is 10.3. The number of hydrogen-bond acceptors (Lipinski definition) is 3. The molecule has 1 fully saturated rings. The van der Waals surface area contributed by atoms with Crippen LogP contribution in [0.3, 0.4) is 0 Å². The Bertz CT molecular complexity index is 559. The number of imidazole rings is 1. The molecule has 0 amide bonds. The monoisotopic (exact) mass is 285 g/mol. The second-order valence-corrected chi connectivity index (χ2v) is 5.62. The number of nitrogens with zero attached hydrogens (tertiary/aromatic N) is 2. The number of aromatic nitrogens is 2. The lowest BCUT2D eigenvalue weighted by molar-refractivity contribution is 0.0658. The molecular weight excluding hydrogens is 262 g/mol. The molecule has 4 nitrogen and oxygen atoms in total. The fraction of sp³-hybridized carbons (Fsp3) is 0.471. The smallest absolute Gasteiger partial charge is 0.207 e. The number of ether oxygens (including phenoxy) is 1. The van der Waals surface area contributed by atoms with E-state index in [0.29, 0.717) is 6.10 Å². The van der Waals surface area contributed by atoms with Crippen LogP contribution in [0, 0.1) is 6.92 Å². The van der Waals surface area contributed by atoms with Crippen LogP contribution in [-0.4, -0.2) is 28.8 Å². The van der Waals surface area contributed by atoms with Gasteiger partial charge in [0.2, 0.25) is 5.95 Å². The van der Waals surface area contributed by atoms with E-state index in [2.05, 4.69) is 33.2 Å². The standard InChI is InChI=1S/C17H23N3O/c1-14-13-20(15-7-3-2-4-8-15)17(19-14)18-11-12-21-16-9-5-6-10-16/h2-4,7-8,13,16H,5-6,9-12H2,1H3,(H,18,19). The molecule has 1 aromatic carbocycles. The number of aryl methyl sites for hydroxylation is 1. The van der Waals surface area contributed by atoms with Gasteiger partial charge in [-0.05, 0) is 31.9 Å². The highest BCUT2D eigenvalue weighted by Crippen LogP contribution is 2.21. The summed E-state index contributed by atoms with van der Waals surface area (Å²) in [5.74, 6) is 0.883. The molecule has 0 spiro atoms. The highest BCUT2D eigenvalue weighted by atomic mass is 16.5. The fourth-order valence-corrected chi connectivity index (χ4v) is 2.85. The first-order chi connectivity index (χ1) is 10.3. The van der Waals surface area contributed by atoms with Gasteiger partial charge in [-0.1, -0.05) is 31.0 Å². The number of nitrogens with one attached hydrogen (secondary N) is 1. The number of anilines is 1. The van der Waals surface area contributed by atoms with Gasteiger partial charge in [-0.3, -0.25) is 4.57 Å². The number of rotatable bonds is 6. The van der Waals surface area contributed by atoms with Crippen LogP contribution in [0.2, 0.25) is 0 Å². The van der Waals surface area contributed by atoms with Crippen LogP contribution in [0.15, 0.2) is 36.5 Å². The largest absolute Gasteiger partial charge is 0.376 e. The van der Waals surface area contributed by atoms with Gasteiger partial charge in [0.25, 0.3) is 0 Å². The molecule has 0 radical (unpaired) electrons. The van der Waals surface area contributed by atoms with Crippen molar-refractivity contribution in [1.29, 1.82) is 0 Å². The average molecular weight is 285 g/mol. The lowest BCUT2D eigenvalue weighted by Crippen LogP contribution is -2.17. The topological polar surface area (TPSA) is 39.1 Å². The summed E-state index contributed by atoms with van der Waals surface area (Å²) in [6.45, 7) is 3.55. The summed E-state index contributed by atoms with van der Waals surface area (Å²) in [4.78, 5) is 4.55. The molecule has 0 unspecified atom stereocenters. The Hall–Kier alpha value is -1.81. The van der Waals surface area contributed by atoms with E-state index in [4.69, 9.17) is 4.74 Å². The maximum atomic E-state index is 5.88. The van der Waals surface area contributed by atoms with Gasteiger partial charge in [0.05, 0.1) is 18.4 Å². The maximum absolute atomic E-state index is 5.88. The summed E-state index contributed by atoms with van der Waals surface area (Å²) in [7, 11) is 0. The predicted octanol–water partition coefficient (Wildman–Crippen LogP) is 3.55. The summed E-state index contributed by atoms with van der Waals surface area (Å²) in [5.41, 5.74) is 2.13. The summed E-state index contributed by atoms with van der Waals surface area (Å²) in [6.07, 6.45) is 7.60. The SMILES string of the molecule is Cc1cn(-c2ccccc2)c(NCCOC2CCCC2)n1. The molecule has 3 rings (SSSR count). The van der Waals surface area contributed by atoms with Crippen LogP contribution in [0.5, 0.6) is 0 Å². The van der Waals surface area contributed by atoms with E-state index in [1.54, 1.807) is 0 Å². The van der Waals surface area contributed by atoms with Crippen LogP contribution < -0.4 is 5.32 Å². The van der Waals surface area contributed by atoms with Gasteiger partial charge >= 0.3 is 0 Å². The van der Waals surface area contributed by atoms with Crippen LogP contribution in [-0.2, 0) is 4.74 Å². The number of para-hydroxylation sites is 1. The second-order valence-electron chi connectivity index (χ2n) is 5.62. The van der Waals surface area contributed by atoms with E-state index in [9.17, 15) is 0 Å². The molecule has 1 N–H and O–H groups in total. The molecule has 1 heterocycles. The highest BCUT2D eigenvalue weighted by molar-refractivity contribution is 5.42. The molecule has 21 heavy (non-hydrogen) atoms. The van der Waals surface area contributed by atoms with Crippen molar-refractivity contribution in [3.8, 4) is 5.69 Å². The van der Waals surface area contributed by atoms with E-state index in [0.717, 1.165) is 30.5 Å². The van der Waals surface area contributed by atoms with E-state index < -0.39 is 0 Å². The molecule has 1 saturated carbocycles. The zero-order chi connectivity index (χ0) is 14.5. The third-order valence-electron chi connectivity index (χ3n) is 3.90. The Labute approximate surface area is 126 Å². The first-order valence-electron chi connectivity index (χ1n) is 7.80. The molecule has 0 bridgehead atoms. The molecule has 0 aliphatic heterocycles. The van der Waals surface area contributed by atoms with Crippen molar-refractivity contribution in [2.75, 3.05) is 18.5 Å². The number of benzene rings is 1. The molecule has 1 aliphatic carbocycles. The minimum absolute atomic E-state index is 0.474. The van der Waals surface area contributed by atoms with Crippen molar-refractivity contribution in [3.63, 3.8) is 0 Å². The van der Waals surface area contributed by atoms with E-state index in [1.165, 1.54) is 25.7 Å². The second kappa shape index (κ2) is 6.76. The van der Waals surface area contributed by atoms with Crippen molar-refractivity contribution in [2.24, 2.45) is 0 Å². The van der Waals surface area contributed by atoms with E-state index >= 15 is 0 Å². The van der Waals surface area contributed by atoms with Gasteiger partial charge in [0.1, 0.15) is 0 Å². The zero-order valence-corrected chi connectivity index (χ0v) is 12.6. The van der Waals surface area contributed by atoms with Crippen molar-refractivity contribution < 1.29 is 4.74 Å². The fourth-order valence-electron chi connectivity index (χ4n) is 2.85. The predicted molar refractivity (Wildman–Crippen MR) is 85.0 cm³/mol. The van der Waals surface area contributed by atoms with E-state index in [-0.39, 0.29) is 0 Å². The van der Waals surface area contributed by atoms with Gasteiger partial charge in [-0.25, -0.2) is 4.98 Å². The first-order valence-corrected chi connectivity index (χ1v) is 7.80. The van der Waals surface area contributed by atoms with Gasteiger partial charge in [0, 0.05) is 18.4 Å². The molecular formula is C17H23N3O. The Morgan fingerprint density at radius 2 is 2.00 bits per heavy atom. The Morgan fingerprint density at radius 1 is 1.24 bits per heavy atom. The van der Waals surface area contributed by atoms with Gasteiger partial charge in [0.15, 0.2) is 0 Å². The minimum atomic E-state index is 0.474. The highest BCUT2D eigenvalue weighted by Gasteiger charge is 2.15. The third-order valence-corrected chi connectivity index (χ3v) is 3.90. The lowest BCUT2D eigenvalue weighted by Gasteiger charge is -2.13. The first kappa shape index (κ1) is 14.1. The van der Waals surface area contributed by atoms with Crippen molar-refractivity contribution >= 4 is 5.95 Å². The summed E-state index contributed by atoms with van der Waals surface area (Å²) < 4.78 is 7.97. The van der Waals surface area contributed by atoms with Crippen molar-refractivity contribution in [2.45, 2.75) is 38.7 Å². The van der Waals surface area contributed by atoms with Crippen molar-refractivity contribution in [1.82, 2.24) is 9.55 Å². The molecule has 0 atom stereocenters. The van der Waals surface area contributed by atoms with E-state index in [1.807, 2.05) is 25.1 Å². The maximum Gasteiger partial charge on any atom is 0.207 e. The Kier molecular flexibility index (Phi) is 4.55. The molecule has 112 valence electrons. The van der Waals surface area contributed by atoms with Gasteiger partial charge in [-0.15, -0.1) is 0 Å². The summed E-state index contributed by atoms with van der Waals surface area (Å²) in [6, 6.07) is 10.3. The summed E-state index contributed by atoms with van der Waals surface area (Å²) in [5, 5.41) is 3.38. The number of hydrogen-bond donors (Lipinski definition) is 1. The molecule has 1 aliphatic rings. The third kappa shape index (κ3) is 3.64. The van der Waals surface area contributed by atoms with Crippen LogP contribution >= 0.6 is 0 Å². The zero-order valence-electron chi connectivity index (χ0n) is 12.6. The molecule has 1 aromatic heterocycles. The average Bonchev–Trinajstić information content (AvgIpc) is 3.14. The molecule has 4 heteroatoms. The Balaban J connectivity index is 1.57. The quantitative estimate of drug-likeness (QED) is 0.825. The molecule has 2 aromatic rings. The van der Waals surface area contributed by atoms with Gasteiger partial charge < -0.3 is 10.1 Å². The van der Waals surface area contributed by atoms with Crippen LogP contribution in [0.1, 0.15) is 31.4 Å². The van der Waals surface area contributed by atoms with Crippen LogP contribution in [0.25, 0.3) is 5.69 Å². The minimum Gasteiger partial charge on any atom is -0.376 e. The molecule has 0 saturated heterocycles. The summed E-state index contributed by atoms with van der Waals surface area (Å²) >= 11 is 0. The van der Waals surface area contributed by atoms with Crippen LogP contribution in [0.4, 0.5) is 5.95 Å². The normalized spacial score (nSPS) is 15.5. The van der Waals surface area contributed by atoms with Crippen molar-refractivity contribution in [3.05, 3.63) is 42.2 Å². The van der Waals surface area contributed by atoms with Gasteiger partial charge in [-0.2, -0.15) is 0 Å². The Morgan fingerprint density at radius 3 is 2.76 bits per heavy atom.